The Labute approximate surface area is 127 Å². The van der Waals surface area contributed by atoms with Gasteiger partial charge in [0.25, 0.3) is 5.91 Å². The smallest absolute Gasteiger partial charge is 0.251 e. The zero-order chi connectivity index (χ0) is 14.4. The van der Waals surface area contributed by atoms with Crippen LogP contribution in [-0.2, 0) is 6.54 Å². The van der Waals surface area contributed by atoms with Crippen LogP contribution in [-0.4, -0.2) is 12.5 Å². The van der Waals surface area contributed by atoms with Crippen LogP contribution in [0, 0.1) is 0 Å². The minimum absolute atomic E-state index is 0.0444. The van der Waals surface area contributed by atoms with E-state index in [2.05, 4.69) is 32.6 Å². The minimum atomic E-state index is -0.0444. The Kier molecular flexibility index (Phi) is 5.18. The van der Waals surface area contributed by atoms with Crippen LogP contribution in [0.1, 0.15) is 22.8 Å². The maximum Gasteiger partial charge on any atom is 0.251 e. The van der Waals surface area contributed by atoms with Crippen LogP contribution < -0.4 is 10.6 Å². The van der Waals surface area contributed by atoms with Gasteiger partial charge in [-0.15, -0.1) is 0 Å². The molecule has 20 heavy (non-hydrogen) atoms. The third-order valence-electron chi connectivity index (χ3n) is 2.90. The molecule has 0 atom stereocenters. The Hall–Kier alpha value is -1.81. The molecule has 2 aromatic carbocycles. The molecular weight excluding hydrogens is 316 g/mol. The quantitative estimate of drug-likeness (QED) is 0.874. The highest BCUT2D eigenvalue weighted by Gasteiger charge is 2.05. The number of benzene rings is 2. The SMILES string of the molecule is CCNC(=O)c1cccc(NCc2ccccc2Br)c1. The van der Waals surface area contributed by atoms with Gasteiger partial charge in [-0.1, -0.05) is 40.2 Å². The van der Waals surface area contributed by atoms with E-state index < -0.39 is 0 Å². The summed E-state index contributed by atoms with van der Waals surface area (Å²) in [6.45, 7) is 3.25. The molecule has 0 saturated carbocycles. The first-order valence-electron chi connectivity index (χ1n) is 6.56. The fraction of sp³-hybridized carbons (Fsp3) is 0.188. The van der Waals surface area contributed by atoms with E-state index in [1.807, 2.05) is 49.4 Å². The monoisotopic (exact) mass is 332 g/mol. The van der Waals surface area contributed by atoms with Crippen molar-refractivity contribution in [2.24, 2.45) is 0 Å². The van der Waals surface area contributed by atoms with Crippen molar-refractivity contribution in [1.82, 2.24) is 5.32 Å². The summed E-state index contributed by atoms with van der Waals surface area (Å²) >= 11 is 3.52. The number of hydrogen-bond acceptors (Lipinski definition) is 2. The molecule has 3 nitrogen and oxygen atoms in total. The Bertz CT molecular complexity index is 599. The molecule has 0 spiro atoms. The van der Waals surface area contributed by atoms with E-state index in [9.17, 15) is 4.79 Å². The summed E-state index contributed by atoms with van der Waals surface area (Å²) in [6.07, 6.45) is 0. The number of carbonyl (C=O) groups excluding carboxylic acids is 1. The van der Waals surface area contributed by atoms with Crippen LogP contribution in [0.2, 0.25) is 0 Å². The number of rotatable bonds is 5. The van der Waals surface area contributed by atoms with Gasteiger partial charge in [-0.2, -0.15) is 0 Å². The third kappa shape index (κ3) is 3.84. The van der Waals surface area contributed by atoms with Crippen molar-refractivity contribution in [3.8, 4) is 0 Å². The number of hydrogen-bond donors (Lipinski definition) is 2. The Morgan fingerprint density at radius 1 is 1.15 bits per heavy atom. The van der Waals surface area contributed by atoms with Crippen molar-refractivity contribution in [2.45, 2.75) is 13.5 Å². The average molecular weight is 333 g/mol. The van der Waals surface area contributed by atoms with E-state index in [4.69, 9.17) is 0 Å². The van der Waals surface area contributed by atoms with Crippen molar-refractivity contribution in [3.63, 3.8) is 0 Å². The van der Waals surface area contributed by atoms with E-state index >= 15 is 0 Å². The number of nitrogens with one attached hydrogen (secondary N) is 2. The van der Waals surface area contributed by atoms with E-state index in [-0.39, 0.29) is 5.91 Å². The molecule has 0 unspecified atom stereocenters. The molecule has 0 radical (unpaired) electrons. The molecule has 0 bridgehead atoms. The topological polar surface area (TPSA) is 41.1 Å². The average Bonchev–Trinajstić information content (AvgIpc) is 2.47. The summed E-state index contributed by atoms with van der Waals surface area (Å²) in [5, 5.41) is 6.13. The zero-order valence-corrected chi connectivity index (χ0v) is 12.9. The van der Waals surface area contributed by atoms with Crippen molar-refractivity contribution in [1.29, 1.82) is 0 Å². The molecule has 0 aliphatic rings. The summed E-state index contributed by atoms with van der Waals surface area (Å²) in [5.74, 6) is -0.0444. The first-order chi connectivity index (χ1) is 9.70. The zero-order valence-electron chi connectivity index (χ0n) is 11.3. The molecule has 0 aliphatic carbocycles. The molecule has 104 valence electrons. The Morgan fingerprint density at radius 2 is 1.95 bits per heavy atom. The number of anilines is 1. The fourth-order valence-corrected chi connectivity index (χ4v) is 2.30. The second kappa shape index (κ2) is 7.10. The minimum Gasteiger partial charge on any atom is -0.381 e. The van der Waals surface area contributed by atoms with Crippen LogP contribution in [0.3, 0.4) is 0 Å². The molecule has 2 aromatic rings. The normalized spacial score (nSPS) is 10.1. The van der Waals surface area contributed by atoms with Gasteiger partial charge in [-0.25, -0.2) is 0 Å². The first kappa shape index (κ1) is 14.6. The molecule has 4 heteroatoms. The van der Waals surface area contributed by atoms with Crippen LogP contribution in [0.25, 0.3) is 0 Å². The lowest BCUT2D eigenvalue weighted by Gasteiger charge is -2.09. The highest BCUT2D eigenvalue weighted by Crippen LogP contribution is 2.18. The molecule has 1 amide bonds. The van der Waals surface area contributed by atoms with E-state index in [1.165, 1.54) is 5.56 Å². The van der Waals surface area contributed by atoms with Crippen molar-refractivity contribution < 1.29 is 4.79 Å². The van der Waals surface area contributed by atoms with Gasteiger partial charge in [0, 0.05) is 28.8 Å². The number of amides is 1. The lowest BCUT2D eigenvalue weighted by Crippen LogP contribution is -2.22. The van der Waals surface area contributed by atoms with Gasteiger partial charge < -0.3 is 10.6 Å². The van der Waals surface area contributed by atoms with Gasteiger partial charge in [0.05, 0.1) is 0 Å². The largest absolute Gasteiger partial charge is 0.381 e. The van der Waals surface area contributed by atoms with Crippen molar-refractivity contribution in [3.05, 3.63) is 64.1 Å². The summed E-state index contributed by atoms with van der Waals surface area (Å²) in [6, 6.07) is 15.6. The van der Waals surface area contributed by atoms with Gasteiger partial charge in [0.15, 0.2) is 0 Å². The summed E-state index contributed by atoms with van der Waals surface area (Å²) in [5.41, 5.74) is 2.78. The molecular formula is C16H17BrN2O. The van der Waals surface area contributed by atoms with E-state index in [0.29, 0.717) is 18.7 Å². The maximum atomic E-state index is 11.8. The Balaban J connectivity index is 2.05. The van der Waals surface area contributed by atoms with Gasteiger partial charge in [-0.05, 0) is 36.8 Å². The predicted octanol–water partition coefficient (Wildman–Crippen LogP) is 3.81. The number of carbonyl (C=O) groups is 1. The van der Waals surface area contributed by atoms with Crippen molar-refractivity contribution >= 4 is 27.5 Å². The summed E-state index contributed by atoms with van der Waals surface area (Å²) in [7, 11) is 0. The highest BCUT2D eigenvalue weighted by molar-refractivity contribution is 9.10. The second-order valence-corrected chi connectivity index (χ2v) is 5.24. The van der Waals surface area contributed by atoms with Gasteiger partial charge in [-0.3, -0.25) is 4.79 Å². The molecule has 2 N–H and O–H groups in total. The fourth-order valence-electron chi connectivity index (χ4n) is 1.87. The van der Waals surface area contributed by atoms with Crippen LogP contribution in [0.5, 0.6) is 0 Å². The standard InChI is InChI=1S/C16H17BrN2O/c1-2-18-16(20)12-7-5-8-14(10-12)19-11-13-6-3-4-9-15(13)17/h3-10,19H,2,11H2,1H3,(H,18,20). The second-order valence-electron chi connectivity index (χ2n) is 4.39. The third-order valence-corrected chi connectivity index (χ3v) is 3.68. The molecule has 2 rings (SSSR count). The molecule has 0 saturated heterocycles. The summed E-state index contributed by atoms with van der Waals surface area (Å²) < 4.78 is 1.08. The molecule has 0 aromatic heterocycles. The van der Waals surface area contributed by atoms with Gasteiger partial charge in [0.2, 0.25) is 0 Å². The first-order valence-corrected chi connectivity index (χ1v) is 7.35. The van der Waals surface area contributed by atoms with Gasteiger partial charge in [0.1, 0.15) is 0 Å². The predicted molar refractivity (Wildman–Crippen MR) is 85.9 cm³/mol. The Morgan fingerprint density at radius 3 is 2.70 bits per heavy atom. The van der Waals surface area contributed by atoms with Crippen molar-refractivity contribution in [2.75, 3.05) is 11.9 Å². The summed E-state index contributed by atoms with van der Waals surface area (Å²) in [4.78, 5) is 11.8. The van der Waals surface area contributed by atoms with Crippen LogP contribution in [0.4, 0.5) is 5.69 Å². The number of halogens is 1. The highest BCUT2D eigenvalue weighted by atomic mass is 79.9. The molecule has 0 heterocycles. The maximum absolute atomic E-state index is 11.8. The lowest BCUT2D eigenvalue weighted by molar-refractivity contribution is 0.0956. The van der Waals surface area contributed by atoms with Crippen LogP contribution in [0.15, 0.2) is 53.0 Å². The lowest BCUT2D eigenvalue weighted by atomic mass is 10.1. The van der Waals surface area contributed by atoms with Crippen LogP contribution >= 0.6 is 15.9 Å². The molecule has 0 fully saturated rings. The molecule has 0 aliphatic heterocycles. The van der Waals surface area contributed by atoms with E-state index in [0.717, 1.165) is 10.2 Å². The van der Waals surface area contributed by atoms with E-state index in [1.54, 1.807) is 0 Å². The van der Waals surface area contributed by atoms with Gasteiger partial charge >= 0.3 is 0 Å².